The average Bonchev–Trinajstić information content (AvgIpc) is 3.29. The number of para-hydroxylation sites is 2. The number of thioether (sulfide) groups is 1. The molecule has 2 aromatic carbocycles. The molecule has 1 atom stereocenters. The highest BCUT2D eigenvalue weighted by molar-refractivity contribution is 7.99. The minimum absolute atomic E-state index is 0.125. The number of esters is 1. The van der Waals surface area contributed by atoms with Gasteiger partial charge < -0.3 is 19.5 Å². The Hall–Kier alpha value is -3.79. The molecule has 0 radical (unpaired) electrons. The Labute approximate surface area is 207 Å². The summed E-state index contributed by atoms with van der Waals surface area (Å²) in [5.41, 5.74) is 1.02. The third kappa shape index (κ3) is 6.02. The maximum atomic E-state index is 12.5. The molecule has 1 N–H and O–H groups in total. The Morgan fingerprint density at radius 2 is 1.97 bits per heavy atom. The van der Waals surface area contributed by atoms with Gasteiger partial charge in [-0.25, -0.2) is 4.79 Å². The van der Waals surface area contributed by atoms with Crippen LogP contribution in [0.15, 0.2) is 66.3 Å². The first-order valence-corrected chi connectivity index (χ1v) is 12.2. The first kappa shape index (κ1) is 24.3. The van der Waals surface area contributed by atoms with Crippen LogP contribution in [0.5, 0.6) is 11.5 Å². The number of ether oxygens (including phenoxy) is 3. The zero-order valence-corrected chi connectivity index (χ0v) is 20.1. The molecule has 3 aromatic rings. The van der Waals surface area contributed by atoms with Gasteiger partial charge in [-0.3, -0.25) is 9.36 Å². The molecular weight excluding hydrogens is 468 g/mol. The molecule has 0 fully saturated rings. The van der Waals surface area contributed by atoms with Gasteiger partial charge in [-0.2, -0.15) is 0 Å². The van der Waals surface area contributed by atoms with Gasteiger partial charge >= 0.3 is 5.97 Å². The number of fused-ring (bicyclic) bond motifs is 1. The maximum absolute atomic E-state index is 12.5. The lowest BCUT2D eigenvalue weighted by Gasteiger charge is -2.26. The molecule has 1 unspecified atom stereocenters. The predicted octanol–water partition coefficient (Wildman–Crippen LogP) is 4.27. The van der Waals surface area contributed by atoms with Crippen molar-refractivity contribution in [3.63, 3.8) is 0 Å². The molecule has 182 valence electrons. The molecule has 0 saturated carbocycles. The van der Waals surface area contributed by atoms with Gasteiger partial charge in [0.25, 0.3) is 0 Å². The van der Waals surface area contributed by atoms with E-state index in [9.17, 15) is 9.59 Å². The van der Waals surface area contributed by atoms with Crippen molar-refractivity contribution in [3.05, 3.63) is 72.6 Å². The Bertz CT molecular complexity index is 1190. The van der Waals surface area contributed by atoms with Crippen LogP contribution in [0.2, 0.25) is 0 Å². The van der Waals surface area contributed by atoms with E-state index in [0.717, 1.165) is 6.42 Å². The molecule has 0 bridgehead atoms. The predicted molar refractivity (Wildman–Crippen MR) is 132 cm³/mol. The van der Waals surface area contributed by atoms with E-state index in [0.29, 0.717) is 53.5 Å². The van der Waals surface area contributed by atoms with Gasteiger partial charge in [0.1, 0.15) is 6.61 Å². The number of hydrogen-bond acceptors (Lipinski definition) is 8. The highest BCUT2D eigenvalue weighted by Gasteiger charge is 2.28. The summed E-state index contributed by atoms with van der Waals surface area (Å²) in [7, 11) is 0. The second kappa shape index (κ2) is 11.6. The molecular formula is C25H26N4O5S. The fourth-order valence-corrected chi connectivity index (χ4v) is 4.14. The summed E-state index contributed by atoms with van der Waals surface area (Å²) in [5.74, 6) is 1.48. The number of benzene rings is 2. The van der Waals surface area contributed by atoms with E-state index < -0.39 is 6.10 Å². The molecule has 4 rings (SSSR count). The first-order valence-electron chi connectivity index (χ1n) is 11.2. The van der Waals surface area contributed by atoms with E-state index in [-0.39, 0.29) is 17.6 Å². The van der Waals surface area contributed by atoms with Crippen molar-refractivity contribution < 1.29 is 23.8 Å². The number of carbonyl (C=O) groups is 2. The summed E-state index contributed by atoms with van der Waals surface area (Å²) in [6, 6.07) is 14.0. The van der Waals surface area contributed by atoms with Crippen molar-refractivity contribution in [2.24, 2.45) is 0 Å². The van der Waals surface area contributed by atoms with E-state index in [2.05, 4.69) is 22.1 Å². The number of allylic oxidation sites excluding steroid dienone is 1. The SMILES string of the molecule is C=CCn1c(SCC(=O)Nc2ccc(C(=O)OCCC)cc2)nnc1C1COc2ccccc2O1. The summed E-state index contributed by atoms with van der Waals surface area (Å²) in [4.78, 5) is 24.4. The minimum atomic E-state index is -0.428. The number of rotatable bonds is 10. The van der Waals surface area contributed by atoms with E-state index >= 15 is 0 Å². The molecule has 1 aliphatic rings. The van der Waals surface area contributed by atoms with Crippen LogP contribution in [-0.2, 0) is 16.1 Å². The van der Waals surface area contributed by atoms with Gasteiger partial charge in [0.05, 0.1) is 17.9 Å². The van der Waals surface area contributed by atoms with Gasteiger partial charge in [-0.15, -0.1) is 16.8 Å². The Balaban J connectivity index is 1.36. The molecule has 10 heteroatoms. The van der Waals surface area contributed by atoms with Crippen molar-refractivity contribution in [1.29, 1.82) is 0 Å². The van der Waals surface area contributed by atoms with Crippen LogP contribution in [0.25, 0.3) is 0 Å². The number of aromatic nitrogens is 3. The number of nitrogens with zero attached hydrogens (tertiary/aromatic N) is 3. The number of anilines is 1. The number of hydrogen-bond donors (Lipinski definition) is 1. The summed E-state index contributed by atoms with van der Waals surface area (Å²) in [6.45, 7) is 6.89. The number of amides is 1. The lowest BCUT2D eigenvalue weighted by Crippen LogP contribution is -2.25. The summed E-state index contributed by atoms with van der Waals surface area (Å²) >= 11 is 1.26. The molecule has 1 aromatic heterocycles. The van der Waals surface area contributed by atoms with Crippen LogP contribution in [0, 0.1) is 0 Å². The van der Waals surface area contributed by atoms with Crippen LogP contribution in [0.4, 0.5) is 5.69 Å². The van der Waals surface area contributed by atoms with Crippen molar-refractivity contribution in [2.45, 2.75) is 31.1 Å². The fraction of sp³-hybridized carbons (Fsp3) is 0.280. The monoisotopic (exact) mass is 494 g/mol. The molecule has 9 nitrogen and oxygen atoms in total. The normalized spacial score (nSPS) is 14.3. The van der Waals surface area contributed by atoms with E-state index in [1.54, 1.807) is 30.3 Å². The largest absolute Gasteiger partial charge is 0.485 e. The average molecular weight is 495 g/mol. The minimum Gasteiger partial charge on any atom is -0.485 e. The van der Waals surface area contributed by atoms with E-state index in [4.69, 9.17) is 14.2 Å². The third-order valence-electron chi connectivity index (χ3n) is 5.03. The zero-order chi connectivity index (χ0) is 24.6. The Kier molecular flexibility index (Phi) is 8.04. The van der Waals surface area contributed by atoms with Crippen LogP contribution < -0.4 is 14.8 Å². The molecule has 2 heterocycles. The standard InChI is InChI=1S/C25H26N4O5S/c1-3-13-29-23(21-15-33-19-7-5-6-8-20(19)34-21)27-28-25(29)35-16-22(30)26-18-11-9-17(10-12-18)24(31)32-14-4-2/h3,5-12,21H,1,4,13-16H2,2H3,(H,26,30). The number of nitrogens with one attached hydrogen (secondary N) is 1. The Morgan fingerprint density at radius 1 is 1.20 bits per heavy atom. The van der Waals surface area contributed by atoms with Crippen molar-refractivity contribution in [3.8, 4) is 11.5 Å². The lowest BCUT2D eigenvalue weighted by molar-refractivity contribution is -0.113. The lowest BCUT2D eigenvalue weighted by atomic mass is 10.2. The maximum Gasteiger partial charge on any atom is 0.338 e. The summed E-state index contributed by atoms with van der Waals surface area (Å²) in [5, 5.41) is 12.0. The van der Waals surface area contributed by atoms with Crippen LogP contribution in [0.1, 0.15) is 35.6 Å². The molecule has 1 amide bonds. The quantitative estimate of drug-likeness (QED) is 0.253. The summed E-state index contributed by atoms with van der Waals surface area (Å²) < 4.78 is 18.9. The van der Waals surface area contributed by atoms with Crippen LogP contribution >= 0.6 is 11.8 Å². The second-order valence-corrected chi connectivity index (χ2v) is 8.60. The van der Waals surface area contributed by atoms with Gasteiger partial charge in [-0.05, 0) is 42.8 Å². The van der Waals surface area contributed by atoms with Gasteiger partial charge in [0.2, 0.25) is 5.91 Å². The molecule has 0 aliphatic carbocycles. The van der Waals surface area contributed by atoms with E-state index in [1.807, 2.05) is 35.8 Å². The van der Waals surface area contributed by atoms with Gasteiger partial charge in [0, 0.05) is 12.2 Å². The smallest absolute Gasteiger partial charge is 0.338 e. The van der Waals surface area contributed by atoms with Gasteiger partial charge in [0.15, 0.2) is 28.6 Å². The third-order valence-corrected chi connectivity index (χ3v) is 5.99. The highest BCUT2D eigenvalue weighted by Crippen LogP contribution is 2.36. The van der Waals surface area contributed by atoms with Crippen LogP contribution in [-0.4, -0.2) is 45.6 Å². The topological polar surface area (TPSA) is 105 Å². The van der Waals surface area contributed by atoms with Gasteiger partial charge in [-0.1, -0.05) is 36.9 Å². The molecule has 0 spiro atoms. The zero-order valence-electron chi connectivity index (χ0n) is 19.3. The molecule has 0 saturated heterocycles. The molecule has 1 aliphatic heterocycles. The van der Waals surface area contributed by atoms with Crippen molar-refractivity contribution in [2.75, 3.05) is 24.3 Å². The second-order valence-electron chi connectivity index (χ2n) is 7.65. The number of carbonyl (C=O) groups excluding carboxylic acids is 2. The fourth-order valence-electron chi connectivity index (χ4n) is 3.39. The first-order chi connectivity index (χ1) is 17.1. The van der Waals surface area contributed by atoms with E-state index in [1.165, 1.54) is 11.8 Å². The Morgan fingerprint density at radius 3 is 2.71 bits per heavy atom. The van der Waals surface area contributed by atoms with Crippen molar-refractivity contribution in [1.82, 2.24) is 14.8 Å². The molecule has 35 heavy (non-hydrogen) atoms. The van der Waals surface area contributed by atoms with Crippen LogP contribution in [0.3, 0.4) is 0 Å². The van der Waals surface area contributed by atoms with Crippen molar-refractivity contribution >= 4 is 29.3 Å². The summed E-state index contributed by atoms with van der Waals surface area (Å²) in [6.07, 6.45) is 2.07. The highest BCUT2D eigenvalue weighted by atomic mass is 32.2.